The Kier molecular flexibility index (Phi) is 14.1. The molecule has 9 rings (SSSR count). The summed E-state index contributed by atoms with van der Waals surface area (Å²) in [5.41, 5.74) is 7.64. The molecule has 4 aromatic carbocycles. The maximum atomic E-state index is 4.33. The van der Waals surface area contributed by atoms with Crippen molar-refractivity contribution in [2.75, 3.05) is 0 Å². The summed E-state index contributed by atoms with van der Waals surface area (Å²) in [6.07, 6.45) is 7.15. The van der Waals surface area contributed by atoms with Gasteiger partial charge in [0.05, 0.1) is 0 Å². The van der Waals surface area contributed by atoms with E-state index in [4.69, 9.17) is 0 Å². The van der Waals surface area contributed by atoms with Crippen molar-refractivity contribution in [2.24, 2.45) is 0 Å². The molecule has 0 aliphatic heterocycles. The zero-order chi connectivity index (χ0) is 33.1. The molecule has 5 heterocycles. The van der Waals surface area contributed by atoms with Crippen LogP contribution in [0.5, 0.6) is 0 Å². The van der Waals surface area contributed by atoms with Crippen LogP contribution in [0.2, 0.25) is 0 Å². The number of benzene rings is 4. The number of rotatable bonds is 4. The van der Waals surface area contributed by atoms with Crippen molar-refractivity contribution in [2.45, 2.75) is 0 Å². The van der Waals surface area contributed by atoms with E-state index in [1.807, 2.05) is 121 Å². The monoisotopic (exact) mass is 1080 g/mol. The summed E-state index contributed by atoms with van der Waals surface area (Å²) >= 11 is 0.424. The summed E-state index contributed by atoms with van der Waals surface area (Å²) < 4.78 is 2.74. The van der Waals surface area contributed by atoms with Gasteiger partial charge < -0.3 is 0 Å². The molecule has 0 saturated heterocycles. The first-order valence-electron chi connectivity index (χ1n) is 15.7. The Morgan fingerprint density at radius 2 is 0.686 bits per heavy atom. The van der Waals surface area contributed by atoms with Gasteiger partial charge in [0.25, 0.3) is 0 Å². The van der Waals surface area contributed by atoms with Gasteiger partial charge >= 0.3 is 124 Å². The number of pyridine rings is 4. The molecule has 0 saturated carbocycles. The second-order valence-electron chi connectivity index (χ2n) is 10.7. The van der Waals surface area contributed by atoms with E-state index < -0.39 is 0 Å². The van der Waals surface area contributed by atoms with Gasteiger partial charge in [-0.05, 0) is 24.3 Å². The minimum atomic E-state index is 0. The van der Waals surface area contributed by atoms with Crippen LogP contribution in [0.4, 0.5) is 0 Å². The fourth-order valence-electron chi connectivity index (χ4n) is 5.16. The quantitative estimate of drug-likeness (QED) is 0.130. The van der Waals surface area contributed by atoms with Crippen LogP contribution < -0.4 is 0 Å². The molecule has 0 amide bonds. The summed E-state index contributed by atoms with van der Waals surface area (Å²) in [7, 11) is 0. The predicted octanol–water partition coefficient (Wildman–Crippen LogP) is 9.87. The van der Waals surface area contributed by atoms with E-state index in [1.54, 1.807) is 24.8 Å². The van der Waals surface area contributed by atoms with Gasteiger partial charge in [0.2, 0.25) is 0 Å². The summed E-state index contributed by atoms with van der Waals surface area (Å²) in [4.78, 5) is 17.3. The third-order valence-electron chi connectivity index (χ3n) is 7.48. The summed E-state index contributed by atoms with van der Waals surface area (Å²) in [5, 5.41) is 2.71. The Balaban J connectivity index is 0.000000147. The van der Waals surface area contributed by atoms with Gasteiger partial charge in [0.15, 0.2) is 0 Å². The van der Waals surface area contributed by atoms with Gasteiger partial charge in [-0.1, -0.05) is 70.8 Å². The maximum absolute atomic E-state index is 4.33. The van der Waals surface area contributed by atoms with E-state index in [1.165, 1.54) is 19.3 Å². The number of hydrogen-bond acceptors (Lipinski definition) is 4. The van der Waals surface area contributed by atoms with E-state index in [-0.39, 0.29) is 42.1 Å². The molecule has 0 bridgehead atoms. The number of aromatic nitrogens is 4. The van der Waals surface area contributed by atoms with Gasteiger partial charge in [-0.3, -0.25) is 19.9 Å². The van der Waals surface area contributed by atoms with Crippen LogP contribution in [0, 0.1) is 24.3 Å². The van der Waals surface area contributed by atoms with E-state index in [0.717, 1.165) is 45.0 Å². The zero-order valence-corrected chi connectivity index (χ0v) is 33.3. The molecule has 4 nitrogen and oxygen atoms in total. The molecule has 0 radical (unpaired) electrons. The first-order chi connectivity index (χ1) is 24.3. The second-order valence-corrected chi connectivity index (χ2v) is 12.9. The summed E-state index contributed by atoms with van der Waals surface area (Å²) in [5.74, 6) is 0. The van der Waals surface area contributed by atoms with Crippen LogP contribution in [-0.4, -0.2) is 34.4 Å². The second kappa shape index (κ2) is 19.1. The van der Waals surface area contributed by atoms with Crippen LogP contribution in [0.1, 0.15) is 0 Å². The minimum absolute atomic E-state index is 0. The molecule has 0 unspecified atom stereocenters. The average molecular weight is 1080 g/mol. The van der Waals surface area contributed by atoms with Crippen molar-refractivity contribution >= 4 is 33.8 Å². The Morgan fingerprint density at radius 1 is 0.353 bits per heavy atom. The van der Waals surface area contributed by atoms with Gasteiger partial charge in [-0.2, -0.15) is 0 Å². The molecule has 51 heavy (non-hydrogen) atoms. The molecular formula is C44H28N4Pt2Se. The Labute approximate surface area is 333 Å². The zero-order valence-electron chi connectivity index (χ0n) is 27.0. The normalized spacial score (nSPS) is 10.0. The average Bonchev–Trinajstić information content (AvgIpc) is 3.59. The Hall–Kier alpha value is -4.62. The van der Waals surface area contributed by atoms with Crippen LogP contribution in [0.15, 0.2) is 170 Å². The third kappa shape index (κ3) is 9.79. The molecule has 0 N–H and O–H groups in total. The van der Waals surface area contributed by atoms with Crippen LogP contribution in [0.25, 0.3) is 64.3 Å². The van der Waals surface area contributed by atoms with Crippen molar-refractivity contribution in [3.05, 3.63) is 195 Å². The standard InChI is InChI=1S/2C16H11N2.C12H6Se.2Pt/c2*1-3-10-17-15(8-1)13-6-5-7-14(12-13)16-9-2-4-11-18-16;1-3-7-11-9(5-1)10-6-2-4-8-12(10)13-11;;/h2*1-11H;1-6H;;/q2*-1;-2;2*+2. The van der Waals surface area contributed by atoms with Gasteiger partial charge in [0, 0.05) is 47.6 Å². The molecule has 0 fully saturated rings. The van der Waals surface area contributed by atoms with Crippen molar-refractivity contribution in [3.63, 3.8) is 0 Å². The topological polar surface area (TPSA) is 51.6 Å². The number of fused-ring (bicyclic) bond motifs is 3. The van der Waals surface area contributed by atoms with Crippen LogP contribution in [0.3, 0.4) is 0 Å². The van der Waals surface area contributed by atoms with Crippen molar-refractivity contribution in [1.82, 2.24) is 19.9 Å². The fraction of sp³-hybridized carbons (Fsp3) is 0. The van der Waals surface area contributed by atoms with E-state index in [0.29, 0.717) is 14.5 Å². The van der Waals surface area contributed by atoms with Gasteiger partial charge in [-0.15, -0.1) is 48.5 Å². The SMILES string of the molecule is [Pt+2].[Pt+2].[c-]1c(-c2ccccn2)cccc1-c1ccccn1.[c-]1c(-c2ccccn2)cccc1-c1ccccn1.[c-]1cccc2c1[se]c1[c-]cccc12. The third-order valence-corrected chi connectivity index (χ3v) is 9.76. The molecular weight excluding hydrogens is 1050 g/mol. The summed E-state index contributed by atoms with van der Waals surface area (Å²) in [6, 6.07) is 61.3. The number of hydrogen-bond donors (Lipinski definition) is 0. The molecule has 250 valence electrons. The number of nitrogens with zero attached hydrogens (tertiary/aromatic N) is 4. The Morgan fingerprint density at radius 3 is 0.980 bits per heavy atom. The van der Waals surface area contributed by atoms with E-state index >= 15 is 0 Å². The molecule has 9 aromatic rings. The van der Waals surface area contributed by atoms with Crippen molar-refractivity contribution in [1.29, 1.82) is 0 Å². The van der Waals surface area contributed by atoms with Crippen molar-refractivity contribution < 1.29 is 42.1 Å². The van der Waals surface area contributed by atoms with Gasteiger partial charge in [-0.25, -0.2) is 0 Å². The predicted molar refractivity (Wildman–Crippen MR) is 200 cm³/mol. The molecule has 0 aliphatic rings. The first-order valence-corrected chi connectivity index (χ1v) is 17.4. The Bertz CT molecular complexity index is 2110. The molecule has 7 heteroatoms. The van der Waals surface area contributed by atoms with Gasteiger partial charge in [0.1, 0.15) is 0 Å². The first kappa shape index (κ1) is 37.6. The summed E-state index contributed by atoms with van der Waals surface area (Å²) in [6.45, 7) is 0. The van der Waals surface area contributed by atoms with Crippen LogP contribution in [-0.2, 0) is 42.1 Å². The van der Waals surface area contributed by atoms with E-state index in [2.05, 4.69) is 68.5 Å². The van der Waals surface area contributed by atoms with Crippen molar-refractivity contribution in [3.8, 4) is 45.0 Å². The fourth-order valence-corrected chi connectivity index (χ4v) is 7.33. The molecule has 0 atom stereocenters. The van der Waals surface area contributed by atoms with Crippen LogP contribution >= 0.6 is 0 Å². The molecule has 5 aromatic heterocycles. The molecule has 0 aliphatic carbocycles. The van der Waals surface area contributed by atoms with E-state index in [9.17, 15) is 0 Å². The molecule has 0 spiro atoms.